The van der Waals surface area contributed by atoms with Crippen LogP contribution in [0.2, 0.25) is 0 Å². The number of benzene rings is 2. The van der Waals surface area contributed by atoms with Crippen molar-refractivity contribution in [2.24, 2.45) is 0 Å². The van der Waals surface area contributed by atoms with Gasteiger partial charge in [0.1, 0.15) is 5.75 Å². The van der Waals surface area contributed by atoms with Crippen molar-refractivity contribution in [2.75, 3.05) is 13.2 Å². The molecule has 2 N–H and O–H groups in total. The van der Waals surface area contributed by atoms with Crippen LogP contribution in [0.3, 0.4) is 0 Å². The Bertz CT molecular complexity index is 851. The van der Waals surface area contributed by atoms with E-state index in [9.17, 15) is 14.4 Å². The minimum Gasteiger partial charge on any atom is -0.482 e. The fraction of sp³-hybridized carbons (Fsp3) is 0.286. The highest BCUT2D eigenvalue weighted by molar-refractivity contribution is 5.95. The maximum absolute atomic E-state index is 11.7. The first-order valence-corrected chi connectivity index (χ1v) is 9.12. The summed E-state index contributed by atoms with van der Waals surface area (Å²) in [5.41, 5.74) is 3.46. The van der Waals surface area contributed by atoms with Crippen molar-refractivity contribution in [3.63, 3.8) is 0 Å². The van der Waals surface area contributed by atoms with Crippen molar-refractivity contribution in [3.05, 3.63) is 65.2 Å². The number of imide groups is 1. The molecule has 7 nitrogen and oxygen atoms in total. The number of carbonyl (C=O) groups excluding carboxylic acids is 3. The highest BCUT2D eigenvalue weighted by atomic mass is 16.6. The van der Waals surface area contributed by atoms with Gasteiger partial charge in [0.25, 0.3) is 5.91 Å². The molecule has 0 saturated carbocycles. The second-order valence-corrected chi connectivity index (χ2v) is 6.45. The summed E-state index contributed by atoms with van der Waals surface area (Å²) in [4.78, 5) is 35.1. The largest absolute Gasteiger partial charge is 0.482 e. The Morgan fingerprint density at radius 1 is 0.929 bits per heavy atom. The molecule has 0 spiro atoms. The number of rotatable bonds is 7. The molecule has 2 aromatic carbocycles. The van der Waals surface area contributed by atoms with E-state index >= 15 is 0 Å². The lowest BCUT2D eigenvalue weighted by Gasteiger charge is -2.09. The van der Waals surface area contributed by atoms with Crippen molar-refractivity contribution >= 4 is 17.9 Å². The second kappa shape index (κ2) is 9.55. The van der Waals surface area contributed by atoms with E-state index in [2.05, 4.69) is 10.6 Å². The number of hydrogen-bond acceptors (Lipinski definition) is 5. The summed E-state index contributed by atoms with van der Waals surface area (Å²) in [6, 6.07) is 14.4. The predicted octanol–water partition coefficient (Wildman–Crippen LogP) is 2.12. The number of ether oxygens (including phenoxy) is 2. The van der Waals surface area contributed by atoms with E-state index < -0.39 is 24.5 Å². The van der Waals surface area contributed by atoms with Crippen molar-refractivity contribution < 1.29 is 23.9 Å². The van der Waals surface area contributed by atoms with Crippen molar-refractivity contribution in [1.29, 1.82) is 0 Å². The van der Waals surface area contributed by atoms with E-state index in [0.29, 0.717) is 5.75 Å². The molecule has 3 amide bonds. The number of nitrogens with one attached hydrogen (secondary N) is 2. The van der Waals surface area contributed by atoms with Gasteiger partial charge in [-0.2, -0.15) is 0 Å². The van der Waals surface area contributed by atoms with Crippen LogP contribution in [-0.2, 0) is 33.7 Å². The molecule has 0 radical (unpaired) electrons. The van der Waals surface area contributed by atoms with E-state index in [4.69, 9.17) is 9.47 Å². The summed E-state index contributed by atoms with van der Waals surface area (Å²) in [6.07, 6.45) is 3.23. The Labute approximate surface area is 163 Å². The summed E-state index contributed by atoms with van der Waals surface area (Å²) in [7, 11) is 0. The fourth-order valence-corrected chi connectivity index (χ4v) is 2.95. The van der Waals surface area contributed by atoms with Crippen LogP contribution in [0.15, 0.2) is 48.5 Å². The van der Waals surface area contributed by atoms with Crippen molar-refractivity contribution in [1.82, 2.24) is 10.6 Å². The highest BCUT2D eigenvalue weighted by Crippen LogP contribution is 2.25. The summed E-state index contributed by atoms with van der Waals surface area (Å²) in [6.45, 7) is -0.564. The maximum Gasteiger partial charge on any atom is 0.344 e. The summed E-state index contributed by atoms with van der Waals surface area (Å²) < 4.78 is 10.2. The van der Waals surface area contributed by atoms with Crippen LogP contribution >= 0.6 is 0 Å². The maximum atomic E-state index is 11.7. The van der Waals surface area contributed by atoms with Gasteiger partial charge < -0.3 is 14.8 Å². The zero-order valence-corrected chi connectivity index (χ0v) is 15.4. The van der Waals surface area contributed by atoms with E-state index in [-0.39, 0.29) is 13.2 Å². The average molecular weight is 382 g/mol. The number of carbonyl (C=O) groups is 3. The smallest absolute Gasteiger partial charge is 0.344 e. The Morgan fingerprint density at radius 3 is 2.54 bits per heavy atom. The number of fused-ring (bicyclic) bond motifs is 1. The molecule has 2 aromatic rings. The standard InChI is InChI=1S/C21H22N2O5/c24-19(23-21(26)22-12-15-5-2-1-3-6-15)13-28-20(25)14-27-18-10-9-16-7-4-8-17(16)11-18/h1-3,5-6,9-11H,4,7-8,12-14H2,(H2,22,23,24,26). The SMILES string of the molecule is O=C(COC(=O)COc1ccc2c(c1)CCC2)NC(=O)NCc1ccccc1. The predicted molar refractivity (Wildman–Crippen MR) is 102 cm³/mol. The molecule has 0 aromatic heterocycles. The lowest BCUT2D eigenvalue weighted by atomic mass is 10.1. The first-order chi connectivity index (χ1) is 13.6. The Hall–Kier alpha value is -3.35. The van der Waals surface area contributed by atoms with Gasteiger partial charge >= 0.3 is 12.0 Å². The van der Waals surface area contributed by atoms with E-state index in [1.807, 2.05) is 48.5 Å². The summed E-state index contributed by atoms with van der Waals surface area (Å²) in [5.74, 6) is -0.792. The second-order valence-electron chi connectivity index (χ2n) is 6.45. The lowest BCUT2D eigenvalue weighted by Crippen LogP contribution is -2.41. The molecule has 1 aliphatic carbocycles. The van der Waals surface area contributed by atoms with Crippen LogP contribution in [0.4, 0.5) is 4.79 Å². The molecule has 0 heterocycles. The minimum absolute atomic E-state index is 0.286. The first kappa shape index (κ1) is 19.4. The van der Waals surface area contributed by atoms with Gasteiger partial charge in [0.15, 0.2) is 13.2 Å². The monoisotopic (exact) mass is 382 g/mol. The first-order valence-electron chi connectivity index (χ1n) is 9.12. The third-order valence-corrected chi connectivity index (χ3v) is 4.34. The van der Waals surface area contributed by atoms with Gasteiger partial charge in [-0.1, -0.05) is 36.4 Å². The van der Waals surface area contributed by atoms with E-state index in [1.54, 1.807) is 0 Å². The third kappa shape index (κ3) is 5.84. The number of aryl methyl sites for hydroxylation is 2. The van der Waals surface area contributed by atoms with Crippen molar-refractivity contribution in [2.45, 2.75) is 25.8 Å². The van der Waals surface area contributed by atoms with E-state index in [0.717, 1.165) is 24.8 Å². The molecular weight excluding hydrogens is 360 g/mol. The Morgan fingerprint density at radius 2 is 1.71 bits per heavy atom. The minimum atomic E-state index is -0.712. The quantitative estimate of drug-likeness (QED) is 0.716. The fourth-order valence-electron chi connectivity index (χ4n) is 2.95. The van der Waals surface area contributed by atoms with Crippen molar-refractivity contribution in [3.8, 4) is 5.75 Å². The molecule has 3 rings (SSSR count). The number of hydrogen-bond donors (Lipinski definition) is 2. The van der Waals surface area contributed by atoms with Crippen LogP contribution in [-0.4, -0.2) is 31.1 Å². The average Bonchev–Trinajstić information content (AvgIpc) is 3.18. The third-order valence-electron chi connectivity index (χ3n) is 4.34. The molecule has 28 heavy (non-hydrogen) atoms. The van der Waals surface area contributed by atoms with E-state index in [1.165, 1.54) is 11.1 Å². The summed E-state index contributed by atoms with van der Waals surface area (Å²) in [5, 5.41) is 4.65. The van der Waals surface area contributed by atoms with Gasteiger partial charge in [-0.15, -0.1) is 0 Å². The van der Waals surface area contributed by atoms with Crippen LogP contribution in [0.5, 0.6) is 5.75 Å². The molecule has 0 atom stereocenters. The van der Waals surface area contributed by atoms with Crippen LogP contribution < -0.4 is 15.4 Å². The number of esters is 1. The summed E-state index contributed by atoms with van der Waals surface area (Å²) >= 11 is 0. The van der Waals surface area contributed by atoms with Crippen LogP contribution in [0, 0.1) is 0 Å². The molecule has 0 aliphatic heterocycles. The molecule has 0 saturated heterocycles. The normalized spacial score (nSPS) is 12.0. The zero-order valence-electron chi connectivity index (χ0n) is 15.4. The molecule has 0 bridgehead atoms. The van der Waals surface area contributed by atoms with Gasteiger partial charge in [0, 0.05) is 6.54 Å². The zero-order chi connectivity index (χ0) is 19.8. The molecular formula is C21H22N2O5. The molecule has 146 valence electrons. The van der Waals surface area contributed by atoms with Gasteiger partial charge in [0.05, 0.1) is 0 Å². The highest BCUT2D eigenvalue weighted by Gasteiger charge is 2.13. The molecule has 0 unspecified atom stereocenters. The van der Waals surface area contributed by atoms with Crippen LogP contribution in [0.25, 0.3) is 0 Å². The number of amides is 3. The van der Waals surface area contributed by atoms with Gasteiger partial charge in [-0.25, -0.2) is 9.59 Å². The lowest BCUT2D eigenvalue weighted by molar-refractivity contribution is -0.150. The molecule has 0 fully saturated rings. The van der Waals surface area contributed by atoms with Crippen LogP contribution in [0.1, 0.15) is 23.1 Å². The molecule has 1 aliphatic rings. The Kier molecular flexibility index (Phi) is 6.62. The van der Waals surface area contributed by atoms with Gasteiger partial charge in [-0.05, 0) is 48.1 Å². The van der Waals surface area contributed by atoms with Gasteiger partial charge in [-0.3, -0.25) is 10.1 Å². The Balaban J connectivity index is 1.32. The topological polar surface area (TPSA) is 93.7 Å². The van der Waals surface area contributed by atoms with Gasteiger partial charge in [0.2, 0.25) is 0 Å². The number of urea groups is 1. The molecule has 7 heteroatoms.